The number of carbonyl (C=O) groups is 2. The molecule has 192 valence electrons. The molecule has 8 heteroatoms. The van der Waals surface area contributed by atoms with Crippen molar-refractivity contribution in [1.82, 2.24) is 20.4 Å². The van der Waals surface area contributed by atoms with Crippen LogP contribution in [0, 0.1) is 5.41 Å². The fourth-order valence-electron chi connectivity index (χ4n) is 6.27. The SMILES string of the molecule is CC1(C)CN(C[C@@H](O)[C@@H]2Cc3ccccc3CN2)C(=O)c2ccc(C(=O)N3CC4(CNC4)C3)cc21.Cl. The van der Waals surface area contributed by atoms with Gasteiger partial charge in [0, 0.05) is 73.8 Å². The maximum absolute atomic E-state index is 13.4. The molecule has 0 bridgehead atoms. The third kappa shape index (κ3) is 4.22. The highest BCUT2D eigenvalue weighted by atomic mass is 35.5. The molecule has 2 fully saturated rings. The minimum absolute atomic E-state index is 0. The van der Waals surface area contributed by atoms with E-state index in [1.807, 2.05) is 23.1 Å². The first-order valence-electron chi connectivity index (χ1n) is 12.7. The summed E-state index contributed by atoms with van der Waals surface area (Å²) >= 11 is 0. The van der Waals surface area contributed by atoms with Crippen LogP contribution in [-0.2, 0) is 18.4 Å². The van der Waals surface area contributed by atoms with Crippen molar-refractivity contribution in [2.24, 2.45) is 5.41 Å². The fraction of sp³-hybridized carbons (Fsp3) is 0.500. The van der Waals surface area contributed by atoms with Gasteiger partial charge >= 0.3 is 0 Å². The van der Waals surface area contributed by atoms with Crippen molar-refractivity contribution in [3.8, 4) is 0 Å². The van der Waals surface area contributed by atoms with Gasteiger partial charge in [-0.25, -0.2) is 0 Å². The monoisotopic (exact) mass is 510 g/mol. The molecule has 4 heterocycles. The molecule has 0 aromatic heterocycles. The fourth-order valence-corrected chi connectivity index (χ4v) is 6.27. The Kier molecular flexibility index (Phi) is 6.40. The predicted molar refractivity (Wildman–Crippen MR) is 141 cm³/mol. The van der Waals surface area contributed by atoms with Gasteiger partial charge in [0.1, 0.15) is 0 Å². The number of carbonyl (C=O) groups excluding carboxylic acids is 2. The van der Waals surface area contributed by atoms with Gasteiger partial charge in [-0.3, -0.25) is 9.59 Å². The second kappa shape index (κ2) is 9.14. The lowest BCUT2D eigenvalue weighted by atomic mass is 9.74. The minimum atomic E-state index is -0.662. The van der Waals surface area contributed by atoms with Crippen LogP contribution in [0.1, 0.15) is 51.3 Å². The molecule has 2 aromatic rings. The van der Waals surface area contributed by atoms with E-state index < -0.39 is 6.10 Å². The third-order valence-electron chi connectivity index (χ3n) is 8.42. The standard InChI is InChI=1S/C28H34N4O3.ClH/c1-27(2)15-31(12-24(33)23-10-18-5-3-4-6-20(18)11-30-23)26(35)21-8-7-19(9-22(21)27)25(34)32-16-28(17-32)13-29-14-28;/h3-9,23-24,29-30,33H,10-17H2,1-2H3;1H/t23-,24+;/m0./s1. The van der Waals surface area contributed by atoms with Crippen molar-refractivity contribution in [2.45, 2.75) is 44.4 Å². The number of aliphatic hydroxyl groups excluding tert-OH is 1. The van der Waals surface area contributed by atoms with Crippen molar-refractivity contribution in [1.29, 1.82) is 0 Å². The van der Waals surface area contributed by atoms with Crippen molar-refractivity contribution < 1.29 is 14.7 Å². The molecule has 0 radical (unpaired) electrons. The molecule has 1 spiro atoms. The van der Waals surface area contributed by atoms with Gasteiger partial charge in [-0.1, -0.05) is 38.1 Å². The summed E-state index contributed by atoms with van der Waals surface area (Å²) < 4.78 is 0. The number of nitrogens with zero attached hydrogens (tertiary/aromatic N) is 2. The normalized spacial score (nSPS) is 24.1. The molecule has 0 unspecified atom stereocenters. The average Bonchev–Trinajstić information content (AvgIpc) is 2.79. The number of halogens is 1. The van der Waals surface area contributed by atoms with Crippen molar-refractivity contribution in [2.75, 3.05) is 39.3 Å². The van der Waals surface area contributed by atoms with Gasteiger partial charge in [-0.05, 0) is 41.3 Å². The number of benzene rings is 2. The first-order valence-corrected chi connectivity index (χ1v) is 12.7. The molecule has 0 saturated carbocycles. The number of amides is 2. The van der Waals surface area contributed by atoms with Gasteiger partial charge in [-0.15, -0.1) is 12.4 Å². The van der Waals surface area contributed by atoms with E-state index in [9.17, 15) is 14.7 Å². The van der Waals surface area contributed by atoms with Gasteiger partial charge in [0.25, 0.3) is 11.8 Å². The average molecular weight is 511 g/mol. The summed E-state index contributed by atoms with van der Waals surface area (Å²) in [6, 6.07) is 13.7. The molecule has 2 saturated heterocycles. The maximum Gasteiger partial charge on any atom is 0.254 e. The second-order valence-electron chi connectivity index (χ2n) is 11.6. The summed E-state index contributed by atoms with van der Waals surface area (Å²) in [5, 5.41) is 17.8. The molecule has 0 aliphatic carbocycles. The smallest absolute Gasteiger partial charge is 0.254 e. The largest absolute Gasteiger partial charge is 0.390 e. The van der Waals surface area contributed by atoms with E-state index in [-0.39, 0.29) is 47.6 Å². The first-order chi connectivity index (χ1) is 16.7. The van der Waals surface area contributed by atoms with E-state index in [0.717, 1.165) is 44.7 Å². The van der Waals surface area contributed by atoms with Gasteiger partial charge < -0.3 is 25.5 Å². The Morgan fingerprint density at radius 3 is 2.53 bits per heavy atom. The van der Waals surface area contributed by atoms with Crippen LogP contribution in [0.25, 0.3) is 0 Å². The third-order valence-corrected chi connectivity index (χ3v) is 8.42. The van der Waals surface area contributed by atoms with Crippen molar-refractivity contribution in [3.05, 3.63) is 70.3 Å². The molecule has 2 aromatic carbocycles. The van der Waals surface area contributed by atoms with E-state index >= 15 is 0 Å². The number of β-amino-alcohol motifs (C(OH)–C–C–N with tert-alkyl or cyclic N) is 1. The summed E-state index contributed by atoms with van der Waals surface area (Å²) in [6.45, 7) is 9.35. The van der Waals surface area contributed by atoms with Gasteiger partial charge in [0.15, 0.2) is 0 Å². The predicted octanol–water partition coefficient (Wildman–Crippen LogP) is 1.96. The number of aliphatic hydroxyl groups is 1. The number of hydrogen-bond acceptors (Lipinski definition) is 5. The lowest BCUT2D eigenvalue weighted by Gasteiger charge is -2.56. The molecule has 36 heavy (non-hydrogen) atoms. The Labute approximate surface area is 218 Å². The zero-order chi connectivity index (χ0) is 24.4. The lowest BCUT2D eigenvalue weighted by molar-refractivity contribution is -0.0248. The summed E-state index contributed by atoms with van der Waals surface area (Å²) in [4.78, 5) is 30.2. The molecular weight excluding hydrogens is 476 g/mol. The molecule has 2 amide bonds. The van der Waals surface area contributed by atoms with Crippen LogP contribution in [-0.4, -0.2) is 78.1 Å². The molecule has 6 rings (SSSR count). The van der Waals surface area contributed by atoms with Gasteiger partial charge in [0.2, 0.25) is 0 Å². The number of fused-ring (bicyclic) bond motifs is 2. The van der Waals surface area contributed by atoms with Crippen LogP contribution in [0.15, 0.2) is 42.5 Å². The van der Waals surface area contributed by atoms with Crippen LogP contribution in [0.5, 0.6) is 0 Å². The second-order valence-corrected chi connectivity index (χ2v) is 11.6. The quantitative estimate of drug-likeness (QED) is 0.585. The highest BCUT2D eigenvalue weighted by Crippen LogP contribution is 2.37. The molecule has 3 N–H and O–H groups in total. The Balaban J connectivity index is 0.00000267. The van der Waals surface area contributed by atoms with Crippen LogP contribution >= 0.6 is 12.4 Å². The summed E-state index contributed by atoms with van der Waals surface area (Å²) in [7, 11) is 0. The first kappa shape index (κ1) is 25.2. The Morgan fingerprint density at radius 2 is 1.83 bits per heavy atom. The molecule has 4 aliphatic heterocycles. The Hall–Kier alpha value is -2.45. The zero-order valence-electron chi connectivity index (χ0n) is 20.9. The Morgan fingerprint density at radius 1 is 1.11 bits per heavy atom. The van der Waals surface area contributed by atoms with E-state index in [1.54, 1.807) is 17.0 Å². The topological polar surface area (TPSA) is 84.9 Å². The van der Waals surface area contributed by atoms with E-state index in [4.69, 9.17) is 0 Å². The summed E-state index contributed by atoms with van der Waals surface area (Å²) in [6.07, 6.45) is 0.0869. The van der Waals surface area contributed by atoms with Crippen LogP contribution in [0.4, 0.5) is 0 Å². The van der Waals surface area contributed by atoms with E-state index in [1.165, 1.54) is 11.1 Å². The number of rotatable bonds is 4. The molecule has 2 atom stereocenters. The van der Waals surface area contributed by atoms with Crippen LogP contribution in [0.2, 0.25) is 0 Å². The number of hydrogen-bond donors (Lipinski definition) is 3. The molecular formula is C28H35ClN4O3. The Bertz CT molecular complexity index is 1190. The highest BCUT2D eigenvalue weighted by molar-refractivity contribution is 6.00. The van der Waals surface area contributed by atoms with Crippen molar-refractivity contribution >= 4 is 24.2 Å². The summed E-state index contributed by atoms with van der Waals surface area (Å²) in [5.74, 6) is -0.0212. The van der Waals surface area contributed by atoms with Crippen molar-refractivity contribution in [3.63, 3.8) is 0 Å². The zero-order valence-corrected chi connectivity index (χ0v) is 21.7. The highest BCUT2D eigenvalue weighted by Gasteiger charge is 2.49. The molecule has 4 aliphatic rings. The lowest BCUT2D eigenvalue weighted by Crippen LogP contribution is -2.71. The van der Waals surface area contributed by atoms with Crippen LogP contribution in [0.3, 0.4) is 0 Å². The minimum Gasteiger partial charge on any atom is -0.390 e. The van der Waals surface area contributed by atoms with Crippen LogP contribution < -0.4 is 10.6 Å². The van der Waals surface area contributed by atoms with Gasteiger partial charge in [0.05, 0.1) is 6.10 Å². The number of likely N-dealkylation sites (tertiary alicyclic amines) is 1. The van der Waals surface area contributed by atoms with Gasteiger partial charge in [-0.2, -0.15) is 0 Å². The summed E-state index contributed by atoms with van der Waals surface area (Å²) in [5.41, 5.74) is 4.70. The maximum atomic E-state index is 13.4. The van der Waals surface area contributed by atoms with E-state index in [2.05, 4.69) is 36.6 Å². The number of nitrogens with one attached hydrogen (secondary N) is 2. The van der Waals surface area contributed by atoms with E-state index in [0.29, 0.717) is 17.7 Å². The molecule has 7 nitrogen and oxygen atoms in total.